The molecule has 8 aromatic carbocycles. The van der Waals surface area contributed by atoms with Gasteiger partial charge in [-0.15, -0.1) is 0 Å². The third-order valence-corrected chi connectivity index (χ3v) is 11.1. The van der Waals surface area contributed by atoms with E-state index in [0.29, 0.717) is 0 Å². The molecular weight excluding hydrogens is 677 g/mol. The Morgan fingerprint density at radius 2 is 0.786 bits per heavy atom. The summed E-state index contributed by atoms with van der Waals surface area (Å²) in [5, 5.41) is 3.63. The van der Waals surface area contributed by atoms with Gasteiger partial charge in [0.05, 0.1) is 22.2 Å². The van der Waals surface area contributed by atoms with E-state index in [2.05, 4.69) is 210 Å². The van der Waals surface area contributed by atoms with Crippen LogP contribution in [0.4, 0.5) is 0 Å². The third-order valence-electron chi connectivity index (χ3n) is 11.1. The summed E-state index contributed by atoms with van der Waals surface area (Å²) >= 11 is 0. The zero-order chi connectivity index (χ0) is 37.6. The van der Waals surface area contributed by atoms with Crippen LogP contribution in [0.2, 0.25) is 0 Å². The van der Waals surface area contributed by atoms with Crippen molar-refractivity contribution in [1.29, 1.82) is 0 Å². The van der Waals surface area contributed by atoms with Gasteiger partial charge in [0.25, 0.3) is 0 Å². The van der Waals surface area contributed by atoms with Crippen LogP contribution in [-0.2, 0) is 0 Å². The Kier molecular flexibility index (Phi) is 8.16. The average Bonchev–Trinajstić information content (AvgIpc) is 3.78. The van der Waals surface area contributed by atoms with Crippen LogP contribution in [0.25, 0.3) is 101 Å². The summed E-state index contributed by atoms with van der Waals surface area (Å²) < 4.78 is 4.68. The van der Waals surface area contributed by atoms with Gasteiger partial charge in [0, 0.05) is 33.1 Å². The van der Waals surface area contributed by atoms with Crippen molar-refractivity contribution < 1.29 is 0 Å². The van der Waals surface area contributed by atoms with Gasteiger partial charge in [-0.1, -0.05) is 153 Å². The Hall–Kier alpha value is -7.42. The maximum absolute atomic E-state index is 4.23. The molecule has 0 bridgehead atoms. The van der Waals surface area contributed by atoms with Gasteiger partial charge < -0.3 is 9.13 Å². The Bertz CT molecular complexity index is 3090. The molecule has 0 radical (unpaired) electrons. The summed E-state index contributed by atoms with van der Waals surface area (Å²) in [6.07, 6.45) is 3.90. The Balaban J connectivity index is 1.04. The van der Waals surface area contributed by atoms with Crippen molar-refractivity contribution in [3.05, 3.63) is 219 Å². The Morgan fingerprint density at radius 1 is 0.304 bits per heavy atom. The van der Waals surface area contributed by atoms with Gasteiger partial charge in [-0.25, -0.2) is 0 Å². The normalized spacial score (nSPS) is 11.4. The van der Waals surface area contributed by atoms with Crippen molar-refractivity contribution >= 4 is 44.9 Å². The van der Waals surface area contributed by atoms with E-state index >= 15 is 0 Å². The van der Waals surface area contributed by atoms with Crippen LogP contribution >= 0.6 is 0 Å². The van der Waals surface area contributed by atoms with Gasteiger partial charge in [0.2, 0.25) is 0 Å². The van der Waals surface area contributed by atoms with Crippen LogP contribution in [-0.4, -0.2) is 9.13 Å². The summed E-state index contributed by atoms with van der Waals surface area (Å²) in [6, 6.07) is 70.0. The predicted molar refractivity (Wildman–Crippen MR) is 240 cm³/mol. The first-order valence-corrected chi connectivity index (χ1v) is 19.1. The largest absolute Gasteiger partial charge is 0.309 e. The fraction of sp³-hybridized carbons (Fsp3) is 0. The minimum absolute atomic E-state index is 1.03. The third kappa shape index (κ3) is 5.59. The molecule has 10 rings (SSSR count). The SMILES string of the molecule is C=Cc1c(C=C)n(-c2ccc(-c3ccccc3)cc2)c2ccc(-c3cccc(-c4ccc5c(c4)c4ccccc4n5-c4cccc(-c5ccccc5)c4)c3)cc12. The molecule has 0 unspecified atom stereocenters. The summed E-state index contributed by atoms with van der Waals surface area (Å²) in [6.45, 7) is 8.45. The molecule has 264 valence electrons. The highest BCUT2D eigenvalue weighted by Crippen LogP contribution is 2.38. The molecule has 0 amide bonds. The minimum Gasteiger partial charge on any atom is -0.309 e. The average molecular weight is 715 g/mol. The van der Waals surface area contributed by atoms with Crippen LogP contribution in [0.5, 0.6) is 0 Å². The molecule has 0 aliphatic rings. The molecule has 0 spiro atoms. The number of hydrogen-bond acceptors (Lipinski definition) is 0. The second kappa shape index (κ2) is 13.8. The molecule has 2 heterocycles. The fourth-order valence-corrected chi connectivity index (χ4v) is 8.41. The van der Waals surface area contributed by atoms with Crippen molar-refractivity contribution in [3.8, 4) is 55.9 Å². The number of nitrogens with zero attached hydrogens (tertiary/aromatic N) is 2. The Labute approximate surface area is 327 Å². The standard InChI is InChI=1S/C54H38N2/c1-3-47-49-35-43(27-31-53(49)55(51(47)4-2)45-29-25-39(26-30-45)37-15-7-5-8-16-37)40-19-13-20-41(33-40)44-28-32-54-50(36-44)48-23-11-12-24-52(48)56(54)46-22-14-21-42(34-46)38-17-9-6-10-18-38/h3-36H,1-2H2. The lowest BCUT2D eigenvalue weighted by Gasteiger charge is -2.11. The topological polar surface area (TPSA) is 9.86 Å². The van der Waals surface area contributed by atoms with Crippen LogP contribution < -0.4 is 0 Å². The highest BCUT2D eigenvalue weighted by atomic mass is 15.0. The number of aromatic nitrogens is 2. The first-order valence-electron chi connectivity index (χ1n) is 19.1. The molecule has 0 saturated heterocycles. The molecule has 10 aromatic rings. The van der Waals surface area contributed by atoms with E-state index in [0.717, 1.165) is 39.1 Å². The number of fused-ring (bicyclic) bond motifs is 4. The van der Waals surface area contributed by atoms with Crippen molar-refractivity contribution in [2.24, 2.45) is 0 Å². The van der Waals surface area contributed by atoms with Crippen molar-refractivity contribution in [1.82, 2.24) is 9.13 Å². The molecule has 0 saturated carbocycles. The molecule has 2 nitrogen and oxygen atoms in total. The van der Waals surface area contributed by atoms with Crippen LogP contribution in [0.3, 0.4) is 0 Å². The molecule has 0 fully saturated rings. The fourth-order valence-electron chi connectivity index (χ4n) is 8.41. The smallest absolute Gasteiger partial charge is 0.0541 e. The van der Waals surface area contributed by atoms with Crippen LogP contribution in [0, 0.1) is 0 Å². The quantitative estimate of drug-likeness (QED) is 0.148. The van der Waals surface area contributed by atoms with E-state index in [1.54, 1.807) is 0 Å². The number of benzene rings is 8. The first-order chi connectivity index (χ1) is 27.7. The zero-order valence-electron chi connectivity index (χ0n) is 30.9. The number of hydrogen-bond donors (Lipinski definition) is 0. The van der Waals surface area contributed by atoms with E-state index in [1.165, 1.54) is 60.8 Å². The van der Waals surface area contributed by atoms with Crippen LogP contribution in [0.1, 0.15) is 11.3 Å². The van der Waals surface area contributed by atoms with E-state index in [9.17, 15) is 0 Å². The molecular formula is C54H38N2. The van der Waals surface area contributed by atoms with Gasteiger partial charge in [0.1, 0.15) is 0 Å². The van der Waals surface area contributed by atoms with Gasteiger partial charge in [0.15, 0.2) is 0 Å². The maximum Gasteiger partial charge on any atom is 0.0541 e. The lowest BCUT2D eigenvalue weighted by molar-refractivity contribution is 1.11. The van der Waals surface area contributed by atoms with E-state index in [-0.39, 0.29) is 0 Å². The van der Waals surface area contributed by atoms with Gasteiger partial charge in [-0.3, -0.25) is 0 Å². The molecule has 56 heavy (non-hydrogen) atoms. The lowest BCUT2D eigenvalue weighted by atomic mass is 9.97. The second-order valence-corrected chi connectivity index (χ2v) is 14.3. The van der Waals surface area contributed by atoms with Crippen molar-refractivity contribution in [2.45, 2.75) is 0 Å². The first kappa shape index (κ1) is 33.2. The molecule has 0 atom stereocenters. The lowest BCUT2D eigenvalue weighted by Crippen LogP contribution is -1.97. The van der Waals surface area contributed by atoms with Crippen molar-refractivity contribution in [2.75, 3.05) is 0 Å². The molecule has 0 N–H and O–H groups in total. The predicted octanol–water partition coefficient (Wildman–Crippen LogP) is 14.7. The van der Waals surface area contributed by atoms with Crippen LogP contribution in [0.15, 0.2) is 207 Å². The molecule has 0 aliphatic carbocycles. The van der Waals surface area contributed by atoms with E-state index in [1.807, 2.05) is 18.2 Å². The molecule has 2 heteroatoms. The molecule has 2 aromatic heterocycles. The summed E-state index contributed by atoms with van der Waals surface area (Å²) in [4.78, 5) is 0. The Morgan fingerprint density at radius 3 is 1.45 bits per heavy atom. The number of para-hydroxylation sites is 1. The van der Waals surface area contributed by atoms with Gasteiger partial charge in [-0.2, -0.15) is 0 Å². The highest BCUT2D eigenvalue weighted by molar-refractivity contribution is 6.10. The van der Waals surface area contributed by atoms with E-state index in [4.69, 9.17) is 0 Å². The summed E-state index contributed by atoms with van der Waals surface area (Å²) in [7, 11) is 0. The molecule has 0 aliphatic heterocycles. The second-order valence-electron chi connectivity index (χ2n) is 14.3. The van der Waals surface area contributed by atoms with Gasteiger partial charge in [-0.05, 0) is 111 Å². The monoisotopic (exact) mass is 714 g/mol. The van der Waals surface area contributed by atoms with E-state index < -0.39 is 0 Å². The maximum atomic E-state index is 4.23. The highest BCUT2D eigenvalue weighted by Gasteiger charge is 2.17. The summed E-state index contributed by atoms with van der Waals surface area (Å²) in [5.74, 6) is 0. The minimum atomic E-state index is 1.03. The summed E-state index contributed by atoms with van der Waals surface area (Å²) in [5.41, 5.74) is 17.4. The van der Waals surface area contributed by atoms with Crippen molar-refractivity contribution in [3.63, 3.8) is 0 Å². The number of rotatable bonds is 8. The van der Waals surface area contributed by atoms with Gasteiger partial charge >= 0.3 is 0 Å². The zero-order valence-corrected chi connectivity index (χ0v) is 30.9.